The van der Waals surface area contributed by atoms with Gasteiger partial charge in [0, 0.05) is 43.5 Å². The van der Waals surface area contributed by atoms with E-state index >= 15 is 0 Å². The molecule has 6 nitrogen and oxygen atoms in total. The molecule has 1 N–H and O–H groups in total. The molecule has 2 aromatic rings. The van der Waals surface area contributed by atoms with E-state index in [4.69, 9.17) is 4.74 Å². The third-order valence-electron chi connectivity index (χ3n) is 4.40. The van der Waals surface area contributed by atoms with Gasteiger partial charge >= 0.3 is 0 Å². The van der Waals surface area contributed by atoms with Crippen LogP contribution < -0.4 is 10.1 Å². The molecule has 0 saturated carbocycles. The number of methoxy groups -OCH3 is 1. The van der Waals surface area contributed by atoms with Gasteiger partial charge in [0.05, 0.1) is 13.7 Å². The zero-order valence-electron chi connectivity index (χ0n) is 14.9. The van der Waals surface area contributed by atoms with Gasteiger partial charge in [0.1, 0.15) is 5.75 Å². The summed E-state index contributed by atoms with van der Waals surface area (Å²) in [4.78, 5) is 28.6. The Kier molecular flexibility index (Phi) is 5.86. The summed E-state index contributed by atoms with van der Waals surface area (Å²) in [6.07, 6.45) is 0. The van der Waals surface area contributed by atoms with E-state index in [0.717, 1.165) is 0 Å². The zero-order chi connectivity index (χ0) is 18.4. The van der Waals surface area contributed by atoms with E-state index in [1.54, 1.807) is 13.2 Å². The number of nitrogens with zero attached hydrogens (tertiary/aromatic N) is 2. The van der Waals surface area contributed by atoms with E-state index in [1.807, 2.05) is 53.4 Å². The van der Waals surface area contributed by atoms with Crippen molar-refractivity contribution in [3.05, 3.63) is 60.2 Å². The number of hydrogen-bond donors (Lipinski definition) is 1. The van der Waals surface area contributed by atoms with Crippen molar-refractivity contribution >= 4 is 17.5 Å². The second-order valence-electron chi connectivity index (χ2n) is 6.21. The molecule has 2 aromatic carbocycles. The largest absolute Gasteiger partial charge is 0.497 e. The van der Waals surface area contributed by atoms with E-state index < -0.39 is 0 Å². The van der Waals surface area contributed by atoms with Crippen LogP contribution in [0.25, 0.3) is 0 Å². The predicted molar refractivity (Wildman–Crippen MR) is 100 cm³/mol. The first kappa shape index (κ1) is 17.9. The fraction of sp³-hybridized carbons (Fsp3) is 0.300. The summed E-state index contributed by atoms with van der Waals surface area (Å²) < 4.78 is 5.16. The Hall–Kier alpha value is -2.86. The van der Waals surface area contributed by atoms with Gasteiger partial charge in [-0.2, -0.15) is 0 Å². The van der Waals surface area contributed by atoms with Crippen molar-refractivity contribution in [2.75, 3.05) is 45.2 Å². The topological polar surface area (TPSA) is 61.9 Å². The van der Waals surface area contributed by atoms with Gasteiger partial charge in [0.2, 0.25) is 5.91 Å². The van der Waals surface area contributed by atoms with Gasteiger partial charge in [-0.15, -0.1) is 0 Å². The summed E-state index contributed by atoms with van der Waals surface area (Å²) in [5, 5.41) is 2.88. The van der Waals surface area contributed by atoms with Crippen molar-refractivity contribution in [2.24, 2.45) is 0 Å². The third-order valence-corrected chi connectivity index (χ3v) is 4.40. The second-order valence-corrected chi connectivity index (χ2v) is 6.21. The van der Waals surface area contributed by atoms with E-state index in [0.29, 0.717) is 49.7 Å². The van der Waals surface area contributed by atoms with Crippen LogP contribution in [0.4, 0.5) is 5.69 Å². The number of rotatable bonds is 5. The molecule has 1 saturated heterocycles. The minimum atomic E-state index is -0.0684. The van der Waals surface area contributed by atoms with E-state index in [9.17, 15) is 9.59 Å². The lowest BCUT2D eigenvalue weighted by Crippen LogP contribution is -2.50. The molecule has 1 aliphatic heterocycles. The van der Waals surface area contributed by atoms with Gasteiger partial charge in [-0.25, -0.2) is 0 Å². The molecule has 26 heavy (non-hydrogen) atoms. The molecule has 0 spiro atoms. The van der Waals surface area contributed by atoms with Crippen LogP contribution in [-0.4, -0.2) is 61.4 Å². The molecule has 0 radical (unpaired) electrons. The van der Waals surface area contributed by atoms with Crippen molar-refractivity contribution in [3.8, 4) is 5.75 Å². The van der Waals surface area contributed by atoms with Crippen LogP contribution in [0.2, 0.25) is 0 Å². The van der Waals surface area contributed by atoms with Gasteiger partial charge < -0.3 is 15.0 Å². The van der Waals surface area contributed by atoms with Crippen LogP contribution in [-0.2, 0) is 4.79 Å². The number of benzene rings is 2. The molecule has 0 aromatic heterocycles. The second kappa shape index (κ2) is 8.49. The van der Waals surface area contributed by atoms with Gasteiger partial charge in [-0.1, -0.05) is 24.3 Å². The summed E-state index contributed by atoms with van der Waals surface area (Å²) in [7, 11) is 1.59. The van der Waals surface area contributed by atoms with Gasteiger partial charge in [0.15, 0.2) is 0 Å². The minimum absolute atomic E-state index is 0.0473. The standard InChI is InChI=1S/C20H23N3O3/c1-26-18-9-5-8-17(14-18)21-19(24)15-22-10-12-23(13-11-22)20(25)16-6-3-2-4-7-16/h2-9,14H,10-13,15H2,1H3,(H,21,24). The monoisotopic (exact) mass is 353 g/mol. The molecule has 0 unspecified atom stereocenters. The lowest BCUT2D eigenvalue weighted by molar-refractivity contribution is -0.117. The number of hydrogen-bond acceptors (Lipinski definition) is 4. The first-order valence-corrected chi connectivity index (χ1v) is 8.66. The maximum Gasteiger partial charge on any atom is 0.253 e. The van der Waals surface area contributed by atoms with E-state index in [-0.39, 0.29) is 11.8 Å². The molecular formula is C20H23N3O3. The first-order valence-electron chi connectivity index (χ1n) is 8.66. The average molecular weight is 353 g/mol. The van der Waals surface area contributed by atoms with Crippen molar-refractivity contribution < 1.29 is 14.3 Å². The third kappa shape index (κ3) is 4.61. The Morgan fingerprint density at radius 1 is 1.00 bits per heavy atom. The summed E-state index contributed by atoms with van der Waals surface area (Å²) in [6.45, 7) is 2.93. The molecule has 0 bridgehead atoms. The summed E-state index contributed by atoms with van der Waals surface area (Å²) >= 11 is 0. The highest BCUT2D eigenvalue weighted by molar-refractivity contribution is 5.94. The Morgan fingerprint density at radius 2 is 1.73 bits per heavy atom. The number of nitrogens with one attached hydrogen (secondary N) is 1. The molecule has 0 atom stereocenters. The lowest BCUT2D eigenvalue weighted by Gasteiger charge is -2.34. The minimum Gasteiger partial charge on any atom is -0.497 e. The molecule has 1 heterocycles. The molecule has 1 aliphatic rings. The van der Waals surface area contributed by atoms with E-state index in [2.05, 4.69) is 10.2 Å². The molecule has 136 valence electrons. The number of ether oxygens (including phenoxy) is 1. The predicted octanol–water partition coefficient (Wildman–Crippen LogP) is 2.09. The van der Waals surface area contributed by atoms with E-state index in [1.165, 1.54) is 0 Å². The van der Waals surface area contributed by atoms with Crippen LogP contribution >= 0.6 is 0 Å². The molecule has 1 fully saturated rings. The number of piperazine rings is 1. The maximum absolute atomic E-state index is 12.4. The Morgan fingerprint density at radius 3 is 2.42 bits per heavy atom. The zero-order valence-corrected chi connectivity index (χ0v) is 14.9. The van der Waals surface area contributed by atoms with Crippen LogP contribution in [0.3, 0.4) is 0 Å². The summed E-state index contributed by atoms with van der Waals surface area (Å²) in [6, 6.07) is 16.6. The Balaban J connectivity index is 1.47. The summed E-state index contributed by atoms with van der Waals surface area (Å²) in [5.74, 6) is 0.683. The fourth-order valence-corrected chi connectivity index (χ4v) is 2.98. The lowest BCUT2D eigenvalue weighted by atomic mass is 10.2. The Labute approximate surface area is 153 Å². The normalized spacial score (nSPS) is 14.7. The van der Waals surface area contributed by atoms with Gasteiger partial charge in [-0.3, -0.25) is 14.5 Å². The number of anilines is 1. The molecule has 3 rings (SSSR count). The quantitative estimate of drug-likeness (QED) is 0.894. The highest BCUT2D eigenvalue weighted by atomic mass is 16.5. The number of amides is 2. The molecule has 2 amide bonds. The molecule has 0 aliphatic carbocycles. The average Bonchev–Trinajstić information content (AvgIpc) is 2.69. The van der Waals surface area contributed by atoms with Crippen LogP contribution in [0.15, 0.2) is 54.6 Å². The van der Waals surface area contributed by atoms with Crippen molar-refractivity contribution in [3.63, 3.8) is 0 Å². The fourth-order valence-electron chi connectivity index (χ4n) is 2.98. The van der Waals surface area contributed by atoms with Crippen molar-refractivity contribution in [1.29, 1.82) is 0 Å². The van der Waals surface area contributed by atoms with Crippen LogP contribution in [0, 0.1) is 0 Å². The number of carbonyl (C=O) groups is 2. The van der Waals surface area contributed by atoms with Gasteiger partial charge in [0.25, 0.3) is 5.91 Å². The first-order chi connectivity index (χ1) is 12.7. The Bertz CT molecular complexity index is 756. The smallest absolute Gasteiger partial charge is 0.253 e. The molecule has 6 heteroatoms. The van der Waals surface area contributed by atoms with Crippen LogP contribution in [0.1, 0.15) is 10.4 Å². The highest BCUT2D eigenvalue weighted by Gasteiger charge is 2.23. The highest BCUT2D eigenvalue weighted by Crippen LogP contribution is 2.16. The summed E-state index contributed by atoms with van der Waals surface area (Å²) in [5.41, 5.74) is 1.42. The maximum atomic E-state index is 12.4. The van der Waals surface area contributed by atoms with Crippen LogP contribution in [0.5, 0.6) is 5.75 Å². The van der Waals surface area contributed by atoms with Crippen molar-refractivity contribution in [1.82, 2.24) is 9.80 Å². The van der Waals surface area contributed by atoms with Gasteiger partial charge in [-0.05, 0) is 24.3 Å². The molecular weight excluding hydrogens is 330 g/mol. The van der Waals surface area contributed by atoms with Crippen molar-refractivity contribution in [2.45, 2.75) is 0 Å². The number of carbonyl (C=O) groups excluding carboxylic acids is 2. The SMILES string of the molecule is COc1cccc(NC(=O)CN2CCN(C(=O)c3ccccc3)CC2)c1.